The zero-order valence-electron chi connectivity index (χ0n) is 16.9. The SMILES string of the molecule is CC[C@@H]1C[C@@H](C)CN1C(=O)NCCSSCCNC(=O)NCCSSCCN. The van der Waals surface area contributed by atoms with Crippen molar-refractivity contribution in [3.63, 3.8) is 0 Å². The van der Waals surface area contributed by atoms with Gasteiger partial charge in [0.05, 0.1) is 0 Å². The van der Waals surface area contributed by atoms with Crippen molar-refractivity contribution in [3.8, 4) is 0 Å². The molecule has 0 aliphatic carbocycles. The van der Waals surface area contributed by atoms with Gasteiger partial charge >= 0.3 is 12.1 Å². The van der Waals surface area contributed by atoms with Crippen LogP contribution in [-0.2, 0) is 0 Å². The number of amides is 4. The van der Waals surface area contributed by atoms with Crippen LogP contribution in [0.1, 0.15) is 26.7 Å². The van der Waals surface area contributed by atoms with Crippen molar-refractivity contribution in [1.82, 2.24) is 20.9 Å². The molecule has 0 aromatic rings. The molecule has 11 heteroatoms. The fourth-order valence-corrected chi connectivity index (χ4v) is 6.42. The maximum Gasteiger partial charge on any atom is 0.317 e. The molecule has 1 saturated heterocycles. The third-order valence-corrected chi connectivity index (χ3v) is 8.98. The molecule has 1 fully saturated rings. The first-order valence-electron chi connectivity index (χ1n) is 9.83. The van der Waals surface area contributed by atoms with E-state index >= 15 is 0 Å². The van der Waals surface area contributed by atoms with E-state index in [-0.39, 0.29) is 12.1 Å². The lowest BCUT2D eigenvalue weighted by Gasteiger charge is -2.23. The fourth-order valence-electron chi connectivity index (χ4n) is 2.85. The highest BCUT2D eigenvalue weighted by Gasteiger charge is 2.31. The summed E-state index contributed by atoms with van der Waals surface area (Å²) in [7, 11) is 6.89. The summed E-state index contributed by atoms with van der Waals surface area (Å²) < 4.78 is 0. The summed E-state index contributed by atoms with van der Waals surface area (Å²) in [6.07, 6.45) is 2.14. The number of nitrogens with zero attached hydrogens (tertiary/aromatic N) is 1. The minimum atomic E-state index is -0.118. The maximum absolute atomic E-state index is 12.3. The Hall–Kier alpha value is -0.100. The van der Waals surface area contributed by atoms with E-state index in [0.29, 0.717) is 38.1 Å². The van der Waals surface area contributed by atoms with Crippen molar-refractivity contribution in [2.24, 2.45) is 11.7 Å². The topological polar surface area (TPSA) is 99.5 Å². The number of hydrogen-bond donors (Lipinski definition) is 4. The summed E-state index contributed by atoms with van der Waals surface area (Å²) in [5.41, 5.74) is 5.41. The van der Waals surface area contributed by atoms with Gasteiger partial charge in [0.15, 0.2) is 0 Å². The van der Waals surface area contributed by atoms with Crippen LogP contribution in [0.25, 0.3) is 0 Å². The Morgan fingerprint density at radius 3 is 2.04 bits per heavy atom. The summed E-state index contributed by atoms with van der Waals surface area (Å²) in [6, 6.07) is 0.338. The molecular weight excluding hydrogens is 434 g/mol. The van der Waals surface area contributed by atoms with E-state index < -0.39 is 0 Å². The quantitative estimate of drug-likeness (QED) is 0.229. The van der Waals surface area contributed by atoms with Gasteiger partial charge in [0.2, 0.25) is 0 Å². The van der Waals surface area contributed by atoms with Gasteiger partial charge < -0.3 is 26.6 Å². The van der Waals surface area contributed by atoms with Gasteiger partial charge in [-0.05, 0) is 18.8 Å². The second-order valence-electron chi connectivity index (χ2n) is 6.55. The highest BCUT2D eigenvalue weighted by Crippen LogP contribution is 2.25. The average molecular weight is 470 g/mol. The van der Waals surface area contributed by atoms with Crippen LogP contribution in [0.5, 0.6) is 0 Å². The van der Waals surface area contributed by atoms with Crippen molar-refractivity contribution in [2.75, 3.05) is 55.7 Å². The largest absolute Gasteiger partial charge is 0.337 e. The number of nitrogens with one attached hydrogen (secondary N) is 3. The minimum absolute atomic E-state index is 0.0692. The Kier molecular flexibility index (Phi) is 15.4. The van der Waals surface area contributed by atoms with E-state index in [1.165, 1.54) is 0 Å². The predicted molar refractivity (Wildman–Crippen MR) is 128 cm³/mol. The first kappa shape index (κ1) is 25.9. The Morgan fingerprint density at radius 1 is 0.964 bits per heavy atom. The average Bonchev–Trinajstić information content (AvgIpc) is 3.07. The van der Waals surface area contributed by atoms with Gasteiger partial charge in [0.1, 0.15) is 0 Å². The van der Waals surface area contributed by atoms with Crippen molar-refractivity contribution >= 4 is 55.2 Å². The molecule has 0 aromatic heterocycles. The molecule has 1 aliphatic heterocycles. The standard InChI is InChI=1S/C17H35N5O2S4/c1-3-15-12-14(2)13-22(15)17(24)21-7-11-28-27-10-6-20-16(23)19-5-9-26-25-8-4-18/h14-15H,3-13,18H2,1-2H3,(H,21,24)(H2,19,20,23)/t14-,15-/m1/s1. The van der Waals surface area contributed by atoms with Crippen LogP contribution in [0, 0.1) is 5.92 Å². The van der Waals surface area contributed by atoms with E-state index in [4.69, 9.17) is 5.73 Å². The van der Waals surface area contributed by atoms with Gasteiger partial charge in [0.25, 0.3) is 0 Å². The summed E-state index contributed by atoms with van der Waals surface area (Å²) in [6.45, 7) is 7.87. The molecule has 2 atom stereocenters. The molecule has 4 amide bonds. The Balaban J connectivity index is 1.91. The lowest BCUT2D eigenvalue weighted by molar-refractivity contribution is 0.191. The predicted octanol–water partition coefficient (Wildman–Crippen LogP) is 2.84. The molecule has 7 nitrogen and oxygen atoms in total. The van der Waals surface area contributed by atoms with Crippen molar-refractivity contribution in [2.45, 2.75) is 32.7 Å². The van der Waals surface area contributed by atoms with E-state index in [1.807, 2.05) is 4.90 Å². The van der Waals surface area contributed by atoms with Crippen LogP contribution in [0.3, 0.4) is 0 Å². The second-order valence-corrected chi connectivity index (χ2v) is 12.0. The van der Waals surface area contributed by atoms with Gasteiger partial charge in [-0.3, -0.25) is 0 Å². The van der Waals surface area contributed by atoms with Gasteiger partial charge in [0, 0.05) is 61.8 Å². The van der Waals surface area contributed by atoms with Crippen LogP contribution < -0.4 is 21.7 Å². The summed E-state index contributed by atoms with van der Waals surface area (Å²) in [5.74, 6) is 4.12. The van der Waals surface area contributed by atoms with E-state index in [0.717, 1.165) is 42.4 Å². The van der Waals surface area contributed by atoms with Crippen LogP contribution in [0.2, 0.25) is 0 Å². The third kappa shape index (κ3) is 11.8. The van der Waals surface area contributed by atoms with Gasteiger partial charge in [-0.2, -0.15) is 0 Å². The third-order valence-electron chi connectivity index (χ3n) is 4.13. The molecule has 0 aromatic carbocycles. The summed E-state index contributed by atoms with van der Waals surface area (Å²) in [5, 5.41) is 8.71. The molecule has 5 N–H and O–H groups in total. The van der Waals surface area contributed by atoms with Gasteiger partial charge in [-0.25, -0.2) is 9.59 Å². The lowest BCUT2D eigenvalue weighted by atomic mass is 10.1. The minimum Gasteiger partial charge on any atom is -0.337 e. The highest BCUT2D eigenvalue weighted by molar-refractivity contribution is 8.77. The first-order valence-corrected chi connectivity index (χ1v) is 14.8. The van der Waals surface area contributed by atoms with Crippen LogP contribution in [0.15, 0.2) is 0 Å². The first-order chi connectivity index (χ1) is 13.6. The van der Waals surface area contributed by atoms with Gasteiger partial charge in [-0.15, -0.1) is 0 Å². The number of rotatable bonds is 14. The molecule has 0 unspecified atom stereocenters. The number of hydrogen-bond acceptors (Lipinski definition) is 7. The van der Waals surface area contributed by atoms with E-state index in [1.54, 1.807) is 43.2 Å². The molecule has 1 aliphatic rings. The van der Waals surface area contributed by atoms with Crippen molar-refractivity contribution < 1.29 is 9.59 Å². The van der Waals surface area contributed by atoms with Gasteiger partial charge in [-0.1, -0.05) is 57.0 Å². The number of likely N-dealkylation sites (tertiary alicyclic amines) is 1. The maximum atomic E-state index is 12.3. The lowest BCUT2D eigenvalue weighted by Crippen LogP contribution is -2.43. The molecule has 0 radical (unpaired) electrons. The van der Waals surface area contributed by atoms with Crippen LogP contribution in [0.4, 0.5) is 9.59 Å². The second kappa shape index (κ2) is 16.7. The molecule has 1 heterocycles. The molecule has 164 valence electrons. The number of urea groups is 2. The normalized spacial score (nSPS) is 18.9. The summed E-state index contributed by atoms with van der Waals surface area (Å²) >= 11 is 0. The molecule has 1 rings (SSSR count). The van der Waals surface area contributed by atoms with Crippen LogP contribution in [-0.4, -0.2) is 78.7 Å². The molecular formula is C17H35N5O2S4. The molecule has 0 saturated carbocycles. The van der Waals surface area contributed by atoms with Crippen molar-refractivity contribution in [3.05, 3.63) is 0 Å². The molecule has 28 heavy (non-hydrogen) atoms. The smallest absolute Gasteiger partial charge is 0.317 e. The monoisotopic (exact) mass is 469 g/mol. The van der Waals surface area contributed by atoms with Crippen LogP contribution >= 0.6 is 43.2 Å². The highest BCUT2D eigenvalue weighted by atomic mass is 33.1. The number of carbonyl (C=O) groups is 2. The Bertz CT molecular complexity index is 448. The van der Waals surface area contributed by atoms with E-state index in [2.05, 4.69) is 29.8 Å². The van der Waals surface area contributed by atoms with E-state index in [9.17, 15) is 9.59 Å². The number of nitrogens with two attached hydrogens (primary N) is 1. The molecule has 0 bridgehead atoms. The Morgan fingerprint density at radius 2 is 1.50 bits per heavy atom. The zero-order chi connectivity index (χ0) is 20.6. The zero-order valence-corrected chi connectivity index (χ0v) is 20.2. The fraction of sp³-hybridized carbons (Fsp3) is 0.882. The Labute approximate surface area is 185 Å². The summed E-state index contributed by atoms with van der Waals surface area (Å²) in [4.78, 5) is 25.9. The van der Waals surface area contributed by atoms with Crippen molar-refractivity contribution in [1.29, 1.82) is 0 Å². The number of carbonyl (C=O) groups excluding carboxylic acids is 2. The molecule has 0 spiro atoms.